The lowest BCUT2D eigenvalue weighted by atomic mass is 10.3. The first-order chi connectivity index (χ1) is 9.04. The Bertz CT molecular complexity index is 625. The van der Waals surface area contributed by atoms with Crippen LogP contribution in [0.4, 0.5) is 5.82 Å². The van der Waals surface area contributed by atoms with Crippen molar-refractivity contribution in [3.63, 3.8) is 0 Å². The molecular formula is C12H11Br2N3O2. The van der Waals surface area contributed by atoms with Crippen molar-refractivity contribution in [3.8, 4) is 5.69 Å². The van der Waals surface area contributed by atoms with E-state index in [1.165, 1.54) is 6.33 Å². The molecule has 1 aromatic carbocycles. The van der Waals surface area contributed by atoms with Gasteiger partial charge in [0.05, 0.1) is 12.3 Å². The minimum Gasteiger partial charge on any atom is -0.461 e. The van der Waals surface area contributed by atoms with Gasteiger partial charge in [-0.3, -0.25) is 4.57 Å². The van der Waals surface area contributed by atoms with Crippen molar-refractivity contribution in [2.45, 2.75) is 6.92 Å². The minimum atomic E-state index is -0.521. The molecule has 19 heavy (non-hydrogen) atoms. The number of benzene rings is 1. The monoisotopic (exact) mass is 387 g/mol. The zero-order chi connectivity index (χ0) is 14.0. The van der Waals surface area contributed by atoms with Crippen molar-refractivity contribution in [3.05, 3.63) is 39.2 Å². The number of anilines is 1. The van der Waals surface area contributed by atoms with Crippen LogP contribution in [-0.2, 0) is 4.74 Å². The van der Waals surface area contributed by atoms with E-state index in [1.54, 1.807) is 11.5 Å². The summed E-state index contributed by atoms with van der Waals surface area (Å²) in [4.78, 5) is 15.7. The summed E-state index contributed by atoms with van der Waals surface area (Å²) in [6.07, 6.45) is 1.50. The number of aromatic nitrogens is 2. The summed E-state index contributed by atoms with van der Waals surface area (Å²) < 4.78 is 8.29. The van der Waals surface area contributed by atoms with E-state index in [1.807, 2.05) is 18.2 Å². The second-order valence-corrected chi connectivity index (χ2v) is 5.43. The number of hydrogen-bond acceptors (Lipinski definition) is 4. The number of imidazole rings is 1. The van der Waals surface area contributed by atoms with E-state index < -0.39 is 5.97 Å². The van der Waals surface area contributed by atoms with E-state index in [4.69, 9.17) is 10.5 Å². The van der Waals surface area contributed by atoms with Crippen LogP contribution in [0.3, 0.4) is 0 Å². The number of nitrogens with two attached hydrogens (primary N) is 1. The summed E-state index contributed by atoms with van der Waals surface area (Å²) in [7, 11) is 0. The van der Waals surface area contributed by atoms with Gasteiger partial charge in [0, 0.05) is 8.95 Å². The van der Waals surface area contributed by atoms with Gasteiger partial charge in [-0.05, 0) is 41.1 Å². The molecule has 0 saturated heterocycles. The van der Waals surface area contributed by atoms with Gasteiger partial charge in [-0.25, -0.2) is 9.78 Å². The maximum atomic E-state index is 11.7. The number of hydrogen-bond donors (Lipinski definition) is 1. The summed E-state index contributed by atoms with van der Waals surface area (Å²) in [5.41, 5.74) is 6.86. The van der Waals surface area contributed by atoms with Crippen LogP contribution in [0, 0.1) is 0 Å². The number of esters is 1. The van der Waals surface area contributed by atoms with Gasteiger partial charge in [-0.2, -0.15) is 0 Å². The van der Waals surface area contributed by atoms with Crippen LogP contribution >= 0.6 is 31.9 Å². The van der Waals surface area contributed by atoms with E-state index in [9.17, 15) is 4.79 Å². The molecule has 1 heterocycles. The Morgan fingerprint density at radius 1 is 1.47 bits per heavy atom. The molecule has 2 aromatic rings. The van der Waals surface area contributed by atoms with Crippen molar-refractivity contribution in [1.29, 1.82) is 0 Å². The number of rotatable bonds is 3. The summed E-state index contributed by atoms with van der Waals surface area (Å²) in [5.74, 6) is -0.270. The van der Waals surface area contributed by atoms with E-state index in [0.717, 1.165) is 14.6 Å². The van der Waals surface area contributed by atoms with Gasteiger partial charge in [0.2, 0.25) is 0 Å². The maximum absolute atomic E-state index is 11.7. The Labute approximate surface area is 127 Å². The van der Waals surface area contributed by atoms with Crippen LogP contribution < -0.4 is 5.73 Å². The van der Waals surface area contributed by atoms with Gasteiger partial charge in [-0.15, -0.1) is 0 Å². The molecule has 0 aliphatic heterocycles. The van der Waals surface area contributed by atoms with Gasteiger partial charge in [0.25, 0.3) is 0 Å². The van der Waals surface area contributed by atoms with E-state index in [0.29, 0.717) is 0 Å². The molecule has 0 unspecified atom stereocenters. The number of halogens is 2. The second-order valence-electron chi connectivity index (χ2n) is 3.66. The lowest BCUT2D eigenvalue weighted by Gasteiger charge is -2.08. The quantitative estimate of drug-likeness (QED) is 0.820. The molecule has 2 N–H and O–H groups in total. The molecule has 100 valence electrons. The van der Waals surface area contributed by atoms with Crippen molar-refractivity contribution in [2.24, 2.45) is 0 Å². The van der Waals surface area contributed by atoms with Gasteiger partial charge in [0.15, 0.2) is 5.69 Å². The van der Waals surface area contributed by atoms with Crippen LogP contribution in [0.5, 0.6) is 0 Å². The van der Waals surface area contributed by atoms with E-state index >= 15 is 0 Å². The van der Waals surface area contributed by atoms with Crippen LogP contribution in [0.25, 0.3) is 5.69 Å². The molecule has 7 heteroatoms. The highest BCUT2D eigenvalue weighted by Crippen LogP contribution is 2.27. The Kier molecular flexibility index (Phi) is 4.26. The Morgan fingerprint density at radius 2 is 2.21 bits per heavy atom. The molecule has 0 spiro atoms. The van der Waals surface area contributed by atoms with Crippen molar-refractivity contribution in [2.75, 3.05) is 12.3 Å². The SMILES string of the molecule is CCOC(=O)c1ncn(-c2ccc(Br)cc2Br)c1N. The standard InChI is InChI=1S/C12H11Br2N3O2/c1-2-19-12(18)10-11(15)17(6-16-10)9-4-3-7(13)5-8(9)14/h3-6H,2,15H2,1H3. The first-order valence-corrected chi connectivity index (χ1v) is 7.08. The predicted octanol–water partition coefficient (Wildman–Crippen LogP) is 3.16. The average molecular weight is 389 g/mol. The molecule has 0 radical (unpaired) electrons. The number of ether oxygens (including phenoxy) is 1. The third-order valence-corrected chi connectivity index (χ3v) is 3.57. The third kappa shape index (κ3) is 2.82. The van der Waals surface area contributed by atoms with Crippen molar-refractivity contribution < 1.29 is 9.53 Å². The fraction of sp³-hybridized carbons (Fsp3) is 0.167. The zero-order valence-corrected chi connectivity index (χ0v) is 13.2. The highest BCUT2D eigenvalue weighted by Gasteiger charge is 2.18. The minimum absolute atomic E-state index is 0.122. The first-order valence-electron chi connectivity index (χ1n) is 5.50. The highest BCUT2D eigenvalue weighted by atomic mass is 79.9. The summed E-state index contributed by atoms with van der Waals surface area (Å²) in [5, 5.41) is 0. The number of nitrogens with zero attached hydrogens (tertiary/aromatic N) is 2. The molecule has 0 amide bonds. The van der Waals surface area contributed by atoms with E-state index in [-0.39, 0.29) is 18.1 Å². The molecule has 0 bridgehead atoms. The lowest BCUT2D eigenvalue weighted by molar-refractivity contribution is 0.0521. The third-order valence-electron chi connectivity index (χ3n) is 2.44. The Morgan fingerprint density at radius 3 is 2.84 bits per heavy atom. The predicted molar refractivity (Wildman–Crippen MR) is 79.3 cm³/mol. The molecule has 0 aliphatic rings. The smallest absolute Gasteiger partial charge is 0.360 e. The Balaban J connectivity index is 2.44. The van der Waals surface area contributed by atoms with Crippen molar-refractivity contribution in [1.82, 2.24) is 9.55 Å². The maximum Gasteiger partial charge on any atom is 0.360 e. The van der Waals surface area contributed by atoms with Crippen LogP contribution in [0.1, 0.15) is 17.4 Å². The molecule has 1 aromatic heterocycles. The molecule has 2 rings (SSSR count). The number of carbonyl (C=O) groups excluding carboxylic acids is 1. The average Bonchev–Trinajstić information content (AvgIpc) is 2.72. The van der Waals surface area contributed by atoms with Crippen LogP contribution in [0.15, 0.2) is 33.5 Å². The van der Waals surface area contributed by atoms with Gasteiger partial charge < -0.3 is 10.5 Å². The summed E-state index contributed by atoms with van der Waals surface area (Å²) in [6, 6.07) is 5.63. The topological polar surface area (TPSA) is 70.1 Å². The first kappa shape index (κ1) is 14.1. The molecule has 0 atom stereocenters. The normalized spacial score (nSPS) is 10.5. The van der Waals surface area contributed by atoms with Crippen molar-refractivity contribution >= 4 is 43.6 Å². The lowest BCUT2D eigenvalue weighted by Crippen LogP contribution is -2.09. The second kappa shape index (κ2) is 5.75. The number of nitrogen functional groups attached to an aromatic ring is 1. The fourth-order valence-corrected chi connectivity index (χ4v) is 2.82. The van der Waals surface area contributed by atoms with Gasteiger partial charge in [-0.1, -0.05) is 15.9 Å². The zero-order valence-electron chi connectivity index (χ0n) is 10.1. The van der Waals surface area contributed by atoms with Gasteiger partial charge in [0.1, 0.15) is 12.1 Å². The largest absolute Gasteiger partial charge is 0.461 e. The molecule has 0 fully saturated rings. The van der Waals surface area contributed by atoms with Crippen LogP contribution in [0.2, 0.25) is 0 Å². The van der Waals surface area contributed by atoms with E-state index in [2.05, 4.69) is 36.8 Å². The summed E-state index contributed by atoms with van der Waals surface area (Å²) >= 11 is 6.82. The summed E-state index contributed by atoms with van der Waals surface area (Å²) in [6.45, 7) is 2.02. The molecule has 0 aliphatic carbocycles. The Hall–Kier alpha value is -1.34. The molecule has 0 saturated carbocycles. The molecular weight excluding hydrogens is 378 g/mol. The van der Waals surface area contributed by atoms with Gasteiger partial charge >= 0.3 is 5.97 Å². The highest BCUT2D eigenvalue weighted by molar-refractivity contribution is 9.11. The number of carbonyl (C=O) groups is 1. The molecule has 5 nitrogen and oxygen atoms in total. The van der Waals surface area contributed by atoms with Crippen LogP contribution in [-0.4, -0.2) is 22.1 Å². The fourth-order valence-electron chi connectivity index (χ4n) is 1.58.